The van der Waals surface area contributed by atoms with Crippen molar-refractivity contribution in [3.8, 4) is 0 Å². The van der Waals surface area contributed by atoms with Gasteiger partial charge in [-0.05, 0) is 52.2 Å². The van der Waals surface area contributed by atoms with Crippen molar-refractivity contribution in [3.05, 3.63) is 34.3 Å². The summed E-state index contributed by atoms with van der Waals surface area (Å²) >= 11 is 3.65. The van der Waals surface area contributed by atoms with Crippen LogP contribution in [0.3, 0.4) is 0 Å². The topological polar surface area (TPSA) is 70.6 Å². The second kappa shape index (κ2) is 9.91. The fourth-order valence-corrected chi connectivity index (χ4v) is 4.43. The van der Waals surface area contributed by atoms with Gasteiger partial charge in [-0.3, -0.25) is 4.99 Å². The molecule has 1 aliphatic carbocycles. The first-order chi connectivity index (χ1) is 12.1. The largest absolute Gasteiger partial charge is 0.357 e. The molecule has 0 amide bonds. The Labute approximate surface area is 189 Å². The molecule has 0 spiro atoms. The Morgan fingerprint density at radius 3 is 2.37 bits per heavy atom. The molecule has 1 saturated carbocycles. The summed E-state index contributed by atoms with van der Waals surface area (Å²) in [7, 11) is -3.14. The lowest BCUT2D eigenvalue weighted by molar-refractivity contribution is 0.559. The highest BCUT2D eigenvalue weighted by molar-refractivity contribution is 14.0. The van der Waals surface area contributed by atoms with Gasteiger partial charge in [-0.15, -0.1) is 24.0 Å². The highest BCUT2D eigenvalue weighted by Gasteiger charge is 2.45. The van der Waals surface area contributed by atoms with Crippen LogP contribution in [0.4, 0.5) is 0 Å². The smallest absolute Gasteiger partial charge is 0.191 e. The van der Waals surface area contributed by atoms with E-state index in [-0.39, 0.29) is 35.1 Å². The van der Waals surface area contributed by atoms with Gasteiger partial charge in [-0.1, -0.05) is 34.1 Å². The van der Waals surface area contributed by atoms with Crippen LogP contribution in [0, 0.1) is 0 Å². The molecule has 0 bridgehead atoms. The van der Waals surface area contributed by atoms with E-state index < -0.39 is 14.6 Å². The molecule has 8 heteroatoms. The van der Waals surface area contributed by atoms with Gasteiger partial charge in [0.05, 0.1) is 17.0 Å². The molecule has 154 valence electrons. The number of nitrogens with one attached hydrogen (secondary N) is 2. The molecular weight excluding hydrogens is 541 g/mol. The fraction of sp³-hybridized carbons (Fsp3) is 0.632. The van der Waals surface area contributed by atoms with Gasteiger partial charge < -0.3 is 10.6 Å². The molecule has 0 aliphatic heterocycles. The van der Waals surface area contributed by atoms with Crippen LogP contribution in [0.15, 0.2) is 33.7 Å². The number of aliphatic imine (C=N–C) groups is 1. The van der Waals surface area contributed by atoms with Crippen LogP contribution in [0.1, 0.15) is 46.1 Å². The third kappa shape index (κ3) is 6.59. The van der Waals surface area contributed by atoms with Gasteiger partial charge in [-0.25, -0.2) is 8.42 Å². The standard InChI is InChI=1S/C19H30BrN3O2S.HI/c1-5-21-17(22-12-13-26(24,25)18(2,3)4)23-14-19(10-11-19)15-8-6-7-9-16(15)20;/h6-9H,5,10-14H2,1-4H3,(H2,21,22,23);1H. The van der Waals surface area contributed by atoms with Gasteiger partial charge >= 0.3 is 0 Å². The maximum absolute atomic E-state index is 12.2. The zero-order valence-corrected chi connectivity index (χ0v) is 21.2. The van der Waals surface area contributed by atoms with Gasteiger partial charge in [0, 0.05) is 23.0 Å². The van der Waals surface area contributed by atoms with E-state index in [0.717, 1.165) is 23.9 Å². The highest BCUT2D eigenvalue weighted by atomic mass is 127. The van der Waals surface area contributed by atoms with Gasteiger partial charge in [0.25, 0.3) is 0 Å². The van der Waals surface area contributed by atoms with Crippen LogP contribution < -0.4 is 10.6 Å². The molecule has 0 atom stereocenters. The molecule has 1 aromatic carbocycles. The van der Waals surface area contributed by atoms with E-state index in [2.05, 4.69) is 44.8 Å². The third-order valence-electron chi connectivity index (χ3n) is 4.78. The molecule has 2 N–H and O–H groups in total. The molecule has 5 nitrogen and oxygen atoms in total. The normalized spacial score (nSPS) is 16.4. The Bertz CT molecular complexity index is 756. The lowest BCUT2D eigenvalue weighted by Crippen LogP contribution is -2.42. The SMILES string of the molecule is CCNC(=NCC1(c2ccccc2Br)CC1)NCCS(=O)(=O)C(C)(C)C.I. The molecular formula is C19H31BrIN3O2S. The first-order valence-electron chi connectivity index (χ1n) is 9.11. The average molecular weight is 572 g/mol. The minimum Gasteiger partial charge on any atom is -0.357 e. The van der Waals surface area contributed by atoms with Gasteiger partial charge in [0.1, 0.15) is 0 Å². The van der Waals surface area contributed by atoms with E-state index in [1.165, 1.54) is 5.56 Å². The van der Waals surface area contributed by atoms with Crippen LogP contribution >= 0.6 is 39.9 Å². The van der Waals surface area contributed by atoms with E-state index in [4.69, 9.17) is 4.99 Å². The molecule has 0 heterocycles. The van der Waals surface area contributed by atoms with Crippen molar-refractivity contribution in [2.75, 3.05) is 25.4 Å². The Morgan fingerprint density at radius 2 is 1.85 bits per heavy atom. The summed E-state index contributed by atoms with van der Waals surface area (Å²) < 4.78 is 24.9. The summed E-state index contributed by atoms with van der Waals surface area (Å²) in [5, 5.41) is 6.37. The minimum absolute atomic E-state index is 0. The predicted molar refractivity (Wildman–Crippen MR) is 128 cm³/mol. The van der Waals surface area contributed by atoms with E-state index >= 15 is 0 Å². The molecule has 0 radical (unpaired) electrons. The van der Waals surface area contributed by atoms with E-state index in [0.29, 0.717) is 19.0 Å². The first kappa shape index (κ1) is 24.7. The molecule has 1 aliphatic rings. The summed E-state index contributed by atoms with van der Waals surface area (Å²) in [6.45, 7) is 8.98. The lowest BCUT2D eigenvalue weighted by Gasteiger charge is -2.20. The second-order valence-corrected chi connectivity index (χ2v) is 11.5. The molecule has 1 fully saturated rings. The zero-order valence-electron chi connectivity index (χ0n) is 16.5. The maximum atomic E-state index is 12.2. The van der Waals surface area contributed by atoms with Crippen molar-refractivity contribution in [2.45, 2.75) is 50.7 Å². The van der Waals surface area contributed by atoms with Crippen molar-refractivity contribution in [1.29, 1.82) is 0 Å². The van der Waals surface area contributed by atoms with Crippen LogP contribution in [0.25, 0.3) is 0 Å². The number of benzene rings is 1. The zero-order chi connectivity index (χ0) is 19.4. The Balaban J connectivity index is 0.00000364. The number of hydrogen-bond acceptors (Lipinski definition) is 3. The number of halogens is 2. The van der Waals surface area contributed by atoms with Gasteiger partial charge in [-0.2, -0.15) is 0 Å². The van der Waals surface area contributed by atoms with E-state index in [1.807, 2.05) is 13.0 Å². The summed E-state index contributed by atoms with van der Waals surface area (Å²) in [5.41, 5.74) is 1.40. The number of sulfone groups is 1. The van der Waals surface area contributed by atoms with Gasteiger partial charge in [0.15, 0.2) is 15.8 Å². The van der Waals surface area contributed by atoms with Crippen LogP contribution in [-0.2, 0) is 15.3 Å². The average Bonchev–Trinajstić information content (AvgIpc) is 3.33. The minimum atomic E-state index is -3.14. The lowest BCUT2D eigenvalue weighted by atomic mass is 9.96. The Kier molecular flexibility index (Phi) is 9.06. The van der Waals surface area contributed by atoms with Crippen LogP contribution in [0.2, 0.25) is 0 Å². The fourth-order valence-electron chi connectivity index (χ4n) is 2.74. The molecule has 0 aromatic heterocycles. The van der Waals surface area contributed by atoms with E-state index in [9.17, 15) is 8.42 Å². The quantitative estimate of drug-likeness (QED) is 0.296. The molecule has 0 saturated heterocycles. The third-order valence-corrected chi connectivity index (χ3v) is 8.08. The molecule has 0 unspecified atom stereocenters. The van der Waals surface area contributed by atoms with Crippen molar-refractivity contribution in [3.63, 3.8) is 0 Å². The van der Waals surface area contributed by atoms with Crippen molar-refractivity contribution in [2.24, 2.45) is 4.99 Å². The second-order valence-electron chi connectivity index (χ2n) is 7.81. The van der Waals surface area contributed by atoms with Crippen LogP contribution in [0.5, 0.6) is 0 Å². The summed E-state index contributed by atoms with van der Waals surface area (Å²) in [6.07, 6.45) is 2.24. The molecule has 27 heavy (non-hydrogen) atoms. The number of nitrogens with zero attached hydrogens (tertiary/aromatic N) is 1. The maximum Gasteiger partial charge on any atom is 0.191 e. The molecule has 2 rings (SSSR count). The monoisotopic (exact) mass is 571 g/mol. The van der Waals surface area contributed by atoms with Crippen molar-refractivity contribution in [1.82, 2.24) is 10.6 Å². The Morgan fingerprint density at radius 1 is 1.22 bits per heavy atom. The van der Waals surface area contributed by atoms with E-state index in [1.54, 1.807) is 20.8 Å². The molecule has 1 aromatic rings. The summed E-state index contributed by atoms with van der Waals surface area (Å²) in [4.78, 5) is 4.73. The predicted octanol–water partition coefficient (Wildman–Crippen LogP) is 3.87. The van der Waals surface area contributed by atoms with Gasteiger partial charge in [0.2, 0.25) is 0 Å². The highest BCUT2D eigenvalue weighted by Crippen LogP contribution is 2.50. The number of hydrogen-bond donors (Lipinski definition) is 2. The summed E-state index contributed by atoms with van der Waals surface area (Å²) in [5.74, 6) is 0.769. The Hall–Kier alpha value is -0.350. The van der Waals surface area contributed by atoms with Crippen LogP contribution in [-0.4, -0.2) is 44.5 Å². The van der Waals surface area contributed by atoms with Crippen molar-refractivity contribution >= 4 is 55.7 Å². The summed E-state index contributed by atoms with van der Waals surface area (Å²) in [6, 6.07) is 8.31. The first-order valence-corrected chi connectivity index (χ1v) is 11.6. The van der Waals surface area contributed by atoms with Crippen molar-refractivity contribution < 1.29 is 8.42 Å². The number of guanidine groups is 1. The number of rotatable bonds is 7.